The average Bonchev–Trinajstić information content (AvgIpc) is 1.64. The maximum atomic E-state index is 13.3. The number of anilines is 7. The van der Waals surface area contributed by atoms with Gasteiger partial charge in [0.05, 0.1) is 66.4 Å². The van der Waals surface area contributed by atoms with E-state index in [1.54, 1.807) is 114 Å². The molecule has 552 valence electrons. The summed E-state index contributed by atoms with van der Waals surface area (Å²) in [6.07, 6.45) is 6.87. The van der Waals surface area contributed by atoms with Gasteiger partial charge >= 0.3 is 0 Å². The Morgan fingerprint density at radius 2 is 0.963 bits per heavy atom. The van der Waals surface area contributed by atoms with Crippen LogP contribution in [0.3, 0.4) is 0 Å². The summed E-state index contributed by atoms with van der Waals surface area (Å²) < 4.78 is 0. The lowest BCUT2D eigenvalue weighted by Gasteiger charge is -2.20. The van der Waals surface area contributed by atoms with Gasteiger partial charge in [0.1, 0.15) is 20.7 Å². The molecule has 0 atom stereocenters. The van der Waals surface area contributed by atoms with Gasteiger partial charge in [-0.1, -0.05) is 24.3 Å². The Hall–Kier alpha value is -10.7. The number of carbonyl (C=O) groups is 7. The number of aliphatic imine (C=N–C) groups is 1. The molecule has 32 heteroatoms. The average molecular weight is 1570 g/mol. The molecular weight excluding hydrogens is 1500 g/mol. The lowest BCUT2D eigenvalue weighted by atomic mass is 9.99. The summed E-state index contributed by atoms with van der Waals surface area (Å²) in [6.45, 7) is 13.1. The highest BCUT2D eigenvalue weighted by molar-refractivity contribution is 7.80. The van der Waals surface area contributed by atoms with Crippen molar-refractivity contribution < 1.29 is 54.0 Å². The number of thiophene rings is 4. The van der Waals surface area contributed by atoms with Gasteiger partial charge in [-0.15, -0.1) is 45.3 Å². The van der Waals surface area contributed by atoms with Crippen LogP contribution >= 0.6 is 82.0 Å². The van der Waals surface area contributed by atoms with E-state index in [4.69, 9.17) is 41.1 Å². The zero-order chi connectivity index (χ0) is 77.8. The van der Waals surface area contributed by atoms with Gasteiger partial charge in [-0.3, -0.25) is 48.5 Å². The molecule has 0 aliphatic carbocycles. The van der Waals surface area contributed by atoms with E-state index in [9.17, 15) is 54.0 Å². The topological polar surface area (TPSA) is 382 Å². The van der Waals surface area contributed by atoms with Crippen molar-refractivity contribution in [3.63, 3.8) is 0 Å². The highest BCUT2D eigenvalue weighted by Crippen LogP contribution is 2.40. The van der Waals surface area contributed by atoms with Crippen molar-refractivity contribution in [3.05, 3.63) is 244 Å². The van der Waals surface area contributed by atoms with E-state index < -0.39 is 0 Å². The van der Waals surface area contributed by atoms with Crippen molar-refractivity contribution in [1.29, 1.82) is 0 Å². The van der Waals surface area contributed by atoms with E-state index in [0.717, 1.165) is 52.3 Å². The molecular formula is C75H74N14O11S7. The van der Waals surface area contributed by atoms with Gasteiger partial charge in [0.15, 0.2) is 27.6 Å². The Bertz CT molecular complexity index is 5020. The van der Waals surface area contributed by atoms with Crippen molar-refractivity contribution in [2.45, 2.75) is 94.9 Å². The summed E-state index contributed by atoms with van der Waals surface area (Å²) in [5.41, 5.74) is 17.5. The molecule has 4 aromatic carbocycles. The number of aryl methyl sites for hydroxylation is 4. The number of hydrazone groups is 1. The number of nitrogen functional groups attached to an aromatic ring is 1. The van der Waals surface area contributed by atoms with Crippen molar-refractivity contribution in [2.75, 3.05) is 37.6 Å². The molecule has 0 unspecified atom stereocenters. The van der Waals surface area contributed by atoms with Gasteiger partial charge in [-0.2, -0.15) is 10.1 Å². The number of nitrogens with one attached hydrogen (secondary N) is 6. The van der Waals surface area contributed by atoms with Crippen LogP contribution in [0.5, 0.6) is 0 Å². The molecule has 7 heterocycles. The molecule has 4 amide bonds. The number of aliphatic hydroxyl groups is 4. The Morgan fingerprint density at radius 3 is 1.41 bits per heavy atom. The van der Waals surface area contributed by atoms with Gasteiger partial charge in [-0.05, 0) is 173 Å². The molecule has 1 aliphatic heterocycles. The first-order valence-corrected chi connectivity index (χ1v) is 36.9. The number of amides is 4. The van der Waals surface area contributed by atoms with Gasteiger partial charge in [0, 0.05) is 145 Å². The van der Waals surface area contributed by atoms with Crippen molar-refractivity contribution in [2.24, 2.45) is 15.9 Å². The van der Waals surface area contributed by atoms with Gasteiger partial charge < -0.3 is 58.1 Å². The molecule has 11 rings (SSSR count). The number of nitrogens with zero attached hydrogens (tertiary/aromatic N) is 6. The second-order valence-corrected chi connectivity index (χ2v) is 29.3. The Labute approximate surface area is 648 Å². The summed E-state index contributed by atoms with van der Waals surface area (Å²) in [5, 5.41) is 69.1. The number of isothiocyanates is 1. The molecule has 0 fully saturated rings. The standard InChI is InChI=1S/C22H23N5O3S2.C22H21N5O2S2.C16H14N2O3S2.C15H16N2O3S/c1-13-18(12-28)19(20(30)16-5-7-17(8-6-16)25-14(2)29)21(32-13)26-22(31)27(23)11-15-4-3-9-24-10-15;1-13-18(12-28)19-20(16-5-7-17(8-6-16)24-14(2)29)26-27(22(30)25-21(19)31-13)11-15-4-3-9-23-10-15;1-9-13(7-19)14(16(23-9)17-8-22)15(21)11-3-5-12(6-4-11)18-10(2)20;1-8-12(7-18)13(15(16)21-8)14(20)10-3-5-11(6-4-10)17-9(2)19/h3-10,28H,11-12,23H2,1-2H3,(H,25,29)(H,26,31);3-10,28H,11-12H2,1-2H3,(H,24,29)(H,25,30);3-6,19H,7H2,1-2H3,(H,18,20);3-6,18H,7,16H2,1-2H3,(H,17,19). The largest absolute Gasteiger partial charge is 0.392 e. The first-order chi connectivity index (χ1) is 51.2. The zero-order valence-electron chi connectivity index (χ0n) is 58.9. The highest BCUT2D eigenvalue weighted by atomic mass is 32.1. The van der Waals surface area contributed by atoms with Crippen LogP contribution in [0.15, 0.2) is 156 Å². The summed E-state index contributed by atoms with van der Waals surface area (Å²) in [6, 6.07) is 34.7. The molecule has 6 aromatic heterocycles. The molecule has 0 spiro atoms. The fourth-order valence-electron chi connectivity index (χ4n) is 10.7. The molecule has 25 nitrogen and oxygen atoms in total. The summed E-state index contributed by atoms with van der Waals surface area (Å²) in [4.78, 5) is 98.8. The summed E-state index contributed by atoms with van der Waals surface area (Å²) in [5.74, 6) is 4.68. The predicted octanol–water partition coefficient (Wildman–Crippen LogP) is 12.9. The van der Waals surface area contributed by atoms with E-state index in [2.05, 4.69) is 64.2 Å². The Morgan fingerprint density at radius 1 is 0.551 bits per heavy atom. The van der Waals surface area contributed by atoms with E-state index in [1.165, 1.54) is 66.7 Å². The number of rotatable bonds is 21. The maximum absolute atomic E-state index is 13.3. The third-order valence-corrected chi connectivity index (χ3v) is 20.6. The van der Waals surface area contributed by atoms with Gasteiger partial charge in [-0.25, -0.2) is 10.9 Å². The van der Waals surface area contributed by atoms with Crippen LogP contribution in [0, 0.1) is 27.7 Å². The van der Waals surface area contributed by atoms with Crippen molar-refractivity contribution in [3.8, 4) is 0 Å². The van der Waals surface area contributed by atoms with Crippen molar-refractivity contribution in [1.82, 2.24) is 20.0 Å². The van der Waals surface area contributed by atoms with E-state index in [-0.39, 0.29) is 72.5 Å². The fraction of sp³-hybridized carbons (Fsp3) is 0.187. The quantitative estimate of drug-likeness (QED) is 0.0104. The second-order valence-electron chi connectivity index (χ2n) is 23.4. The highest BCUT2D eigenvalue weighted by Gasteiger charge is 2.30. The molecule has 10 aromatic rings. The predicted molar refractivity (Wildman–Crippen MR) is 434 cm³/mol. The number of hydrogen-bond acceptors (Lipinski definition) is 24. The van der Waals surface area contributed by atoms with E-state index in [0.29, 0.717) is 112 Å². The van der Waals surface area contributed by atoms with Crippen LogP contribution in [0.2, 0.25) is 0 Å². The second kappa shape index (κ2) is 38.5. The number of fused-ring (bicyclic) bond motifs is 1. The van der Waals surface area contributed by atoms with Gasteiger partial charge in [0.2, 0.25) is 23.6 Å². The number of pyridine rings is 2. The third-order valence-electron chi connectivity index (χ3n) is 15.7. The molecule has 1 aliphatic rings. The zero-order valence-corrected chi connectivity index (χ0v) is 64.7. The van der Waals surface area contributed by atoms with Crippen LogP contribution in [-0.4, -0.2) is 102 Å². The normalized spacial score (nSPS) is 11.2. The number of benzene rings is 4. The number of ketones is 3. The van der Waals surface area contributed by atoms with Crippen LogP contribution in [0.25, 0.3) is 0 Å². The van der Waals surface area contributed by atoms with Crippen LogP contribution < -0.4 is 43.5 Å². The first kappa shape index (κ1) is 82.0. The fourth-order valence-corrected chi connectivity index (χ4v) is 15.4. The number of hydrazine groups is 1. The molecule has 14 N–H and O–H groups in total. The molecule has 0 bridgehead atoms. The van der Waals surface area contributed by atoms with Crippen LogP contribution in [-0.2, 0) is 58.7 Å². The SMILES string of the molecule is CC(=O)Nc1ccc(C(=O)c2c(N)sc(C)c2CO)cc1.CC(=O)Nc1ccc(C(=O)c2c(N=C=S)sc(C)c2CO)cc1.CC(=O)Nc1ccc(C(=O)c2c(NC(=S)N(N)Cc3cccnc3)sc(C)c2CO)cc1.CC(=O)Nc1ccc(C2=NN(Cc3cccnc3)C(=S)Nc3sc(C)c(CO)c32)cc1. The summed E-state index contributed by atoms with van der Waals surface area (Å²) in [7, 11) is 0. The molecule has 107 heavy (non-hydrogen) atoms. The number of thiocarbonyl (C=S) groups is 3. The number of aliphatic hydroxyl groups excluding tert-OH is 4. The minimum atomic E-state index is -0.288. The smallest absolute Gasteiger partial charge is 0.221 e. The Kier molecular flexibility index (Phi) is 29.5. The van der Waals surface area contributed by atoms with Crippen LogP contribution in [0.4, 0.5) is 42.8 Å². The monoisotopic (exact) mass is 1570 g/mol. The minimum absolute atomic E-state index is 0.0995. The third kappa shape index (κ3) is 21.5. The lowest BCUT2D eigenvalue weighted by Crippen LogP contribution is -2.39. The van der Waals surface area contributed by atoms with E-state index in [1.807, 2.05) is 76.2 Å². The van der Waals surface area contributed by atoms with Gasteiger partial charge in [0.25, 0.3) is 0 Å². The molecule has 0 saturated carbocycles. The minimum Gasteiger partial charge on any atom is -0.392 e. The number of carbonyl (C=O) groups excluding carboxylic acids is 7. The number of aromatic nitrogens is 2. The summed E-state index contributed by atoms with van der Waals surface area (Å²) >= 11 is 21.1. The number of hydrogen-bond donors (Lipinski definition) is 12. The van der Waals surface area contributed by atoms with Crippen LogP contribution in [0.1, 0.15) is 139 Å². The molecule has 0 saturated heterocycles. The number of nitrogens with two attached hydrogens (primary N) is 2. The maximum Gasteiger partial charge on any atom is 0.221 e. The first-order valence-electron chi connectivity index (χ1n) is 32.4. The lowest BCUT2D eigenvalue weighted by molar-refractivity contribution is -0.115. The van der Waals surface area contributed by atoms with E-state index >= 15 is 0 Å². The Balaban J connectivity index is 0.000000183. The molecule has 0 radical (unpaired) electrons. The van der Waals surface area contributed by atoms with Crippen molar-refractivity contribution >= 4 is 187 Å².